The maximum atomic E-state index is 6.46. The molecule has 0 unspecified atom stereocenters. The molecule has 0 saturated heterocycles. The van der Waals surface area contributed by atoms with Gasteiger partial charge in [-0.3, -0.25) is 0 Å². The molecule has 20 heavy (non-hydrogen) atoms. The lowest BCUT2D eigenvalue weighted by molar-refractivity contribution is 0.306. The van der Waals surface area contributed by atoms with E-state index in [1.54, 1.807) is 14.2 Å². The summed E-state index contributed by atoms with van der Waals surface area (Å²) in [6, 6.07) is 4.01. The fourth-order valence-electron chi connectivity index (χ4n) is 2.87. The van der Waals surface area contributed by atoms with Crippen molar-refractivity contribution in [3.8, 4) is 11.5 Å². The van der Waals surface area contributed by atoms with Gasteiger partial charge in [-0.1, -0.05) is 35.2 Å². The summed E-state index contributed by atoms with van der Waals surface area (Å²) in [5.74, 6) is 2.05. The third kappa shape index (κ3) is 3.80. The van der Waals surface area contributed by atoms with Crippen LogP contribution in [0, 0.1) is 5.92 Å². The fraction of sp³-hybridized carbons (Fsp3) is 0.600. The van der Waals surface area contributed by atoms with E-state index in [4.69, 9.17) is 15.2 Å². The quantitative estimate of drug-likeness (QED) is 0.857. The molecule has 0 heterocycles. The number of hydrogen-bond donors (Lipinski definition) is 1. The first kappa shape index (κ1) is 17.6. The minimum Gasteiger partial charge on any atom is -0.493 e. The van der Waals surface area contributed by atoms with Gasteiger partial charge in [-0.05, 0) is 36.5 Å². The van der Waals surface area contributed by atoms with Crippen LogP contribution in [0.15, 0.2) is 16.6 Å². The van der Waals surface area contributed by atoms with E-state index in [-0.39, 0.29) is 18.4 Å². The van der Waals surface area contributed by atoms with Crippen molar-refractivity contribution >= 4 is 28.3 Å². The molecule has 0 bridgehead atoms. The predicted octanol–water partition coefficient (Wildman–Crippen LogP) is 4.47. The van der Waals surface area contributed by atoms with Crippen molar-refractivity contribution in [1.29, 1.82) is 0 Å². The first-order chi connectivity index (χ1) is 9.17. The molecule has 3 nitrogen and oxygen atoms in total. The number of rotatable bonds is 4. The van der Waals surface area contributed by atoms with Gasteiger partial charge in [-0.25, -0.2) is 0 Å². The molecule has 0 spiro atoms. The van der Waals surface area contributed by atoms with Crippen molar-refractivity contribution in [2.24, 2.45) is 11.7 Å². The predicted molar refractivity (Wildman–Crippen MR) is 88.0 cm³/mol. The zero-order valence-electron chi connectivity index (χ0n) is 12.0. The molecule has 0 aliphatic heterocycles. The van der Waals surface area contributed by atoms with Crippen LogP contribution in [0.3, 0.4) is 0 Å². The lowest BCUT2D eigenvalue weighted by Crippen LogP contribution is -2.24. The van der Waals surface area contributed by atoms with Crippen molar-refractivity contribution < 1.29 is 9.47 Å². The van der Waals surface area contributed by atoms with Crippen LogP contribution < -0.4 is 15.2 Å². The summed E-state index contributed by atoms with van der Waals surface area (Å²) in [5, 5.41) is 0. The summed E-state index contributed by atoms with van der Waals surface area (Å²) in [6.45, 7) is 0. The number of benzene rings is 1. The van der Waals surface area contributed by atoms with Gasteiger partial charge in [0, 0.05) is 10.5 Å². The summed E-state index contributed by atoms with van der Waals surface area (Å²) >= 11 is 3.60. The Balaban J connectivity index is 0.00000200. The Hall–Kier alpha value is -0.450. The molecule has 1 fully saturated rings. The highest BCUT2D eigenvalue weighted by Gasteiger charge is 2.24. The monoisotopic (exact) mass is 363 g/mol. The summed E-state index contributed by atoms with van der Waals surface area (Å²) < 4.78 is 11.7. The molecule has 0 aromatic heterocycles. The van der Waals surface area contributed by atoms with E-state index < -0.39 is 0 Å². The number of hydrogen-bond acceptors (Lipinski definition) is 3. The van der Waals surface area contributed by atoms with E-state index >= 15 is 0 Å². The van der Waals surface area contributed by atoms with Gasteiger partial charge in [0.2, 0.25) is 0 Å². The lowest BCUT2D eigenvalue weighted by atomic mass is 9.81. The summed E-state index contributed by atoms with van der Waals surface area (Å²) in [4.78, 5) is 0. The maximum Gasteiger partial charge on any atom is 0.161 e. The second kappa shape index (κ2) is 8.11. The Kier molecular flexibility index (Phi) is 7.13. The second-order valence-corrected chi connectivity index (χ2v) is 6.01. The lowest BCUT2D eigenvalue weighted by Gasteiger charge is -2.28. The average Bonchev–Trinajstić information content (AvgIpc) is 2.47. The molecule has 114 valence electrons. The first-order valence-corrected chi connectivity index (χ1v) is 7.63. The zero-order valence-corrected chi connectivity index (χ0v) is 14.4. The van der Waals surface area contributed by atoms with Crippen LogP contribution in [0.5, 0.6) is 11.5 Å². The third-order valence-electron chi connectivity index (χ3n) is 4.02. The first-order valence-electron chi connectivity index (χ1n) is 6.84. The Labute approximate surface area is 135 Å². The molecule has 0 radical (unpaired) electrons. The fourth-order valence-corrected chi connectivity index (χ4v) is 3.46. The third-order valence-corrected chi connectivity index (χ3v) is 4.71. The zero-order chi connectivity index (χ0) is 13.8. The van der Waals surface area contributed by atoms with Gasteiger partial charge in [-0.15, -0.1) is 12.4 Å². The minimum absolute atomic E-state index is 0. The summed E-state index contributed by atoms with van der Waals surface area (Å²) in [5.41, 5.74) is 7.57. The van der Waals surface area contributed by atoms with Gasteiger partial charge in [0.05, 0.1) is 14.2 Å². The Bertz CT molecular complexity index is 436. The van der Waals surface area contributed by atoms with Gasteiger partial charge < -0.3 is 15.2 Å². The van der Waals surface area contributed by atoms with Gasteiger partial charge >= 0.3 is 0 Å². The van der Waals surface area contributed by atoms with Crippen LogP contribution in [0.25, 0.3) is 0 Å². The van der Waals surface area contributed by atoms with E-state index in [1.807, 2.05) is 12.1 Å². The molecule has 1 aliphatic rings. The summed E-state index contributed by atoms with van der Waals surface area (Å²) in [6.07, 6.45) is 6.38. The van der Waals surface area contributed by atoms with E-state index in [0.29, 0.717) is 5.92 Å². The minimum atomic E-state index is 0. The van der Waals surface area contributed by atoms with Crippen LogP contribution >= 0.6 is 28.3 Å². The normalized spacial score (nSPS) is 17.2. The van der Waals surface area contributed by atoms with Crippen LogP contribution in [0.1, 0.15) is 43.7 Å². The highest BCUT2D eigenvalue weighted by atomic mass is 79.9. The smallest absolute Gasteiger partial charge is 0.161 e. The van der Waals surface area contributed by atoms with E-state index in [9.17, 15) is 0 Å². The van der Waals surface area contributed by atoms with Crippen molar-refractivity contribution in [2.45, 2.75) is 38.1 Å². The maximum absolute atomic E-state index is 6.46. The second-order valence-electron chi connectivity index (χ2n) is 5.15. The molecule has 2 rings (SSSR count). The van der Waals surface area contributed by atoms with E-state index in [0.717, 1.165) is 21.5 Å². The van der Waals surface area contributed by atoms with Crippen molar-refractivity contribution in [2.75, 3.05) is 14.2 Å². The molecule has 1 aromatic rings. The molecule has 1 saturated carbocycles. The number of ether oxygens (including phenoxy) is 2. The topological polar surface area (TPSA) is 44.5 Å². The van der Waals surface area contributed by atoms with Crippen molar-refractivity contribution in [3.63, 3.8) is 0 Å². The summed E-state index contributed by atoms with van der Waals surface area (Å²) in [7, 11) is 3.30. The molecule has 1 aliphatic carbocycles. The van der Waals surface area contributed by atoms with E-state index in [1.165, 1.54) is 32.1 Å². The highest BCUT2D eigenvalue weighted by Crippen LogP contribution is 2.40. The van der Waals surface area contributed by atoms with Crippen LogP contribution in [-0.2, 0) is 0 Å². The molecular weight excluding hydrogens is 342 g/mol. The van der Waals surface area contributed by atoms with Gasteiger partial charge in [0.25, 0.3) is 0 Å². The number of methoxy groups -OCH3 is 2. The number of nitrogens with two attached hydrogens (primary N) is 1. The molecule has 0 amide bonds. The largest absolute Gasteiger partial charge is 0.493 e. The van der Waals surface area contributed by atoms with Crippen LogP contribution in [-0.4, -0.2) is 14.2 Å². The average molecular weight is 365 g/mol. The Morgan fingerprint density at radius 1 is 1.10 bits per heavy atom. The number of halogens is 2. The van der Waals surface area contributed by atoms with Gasteiger partial charge in [-0.2, -0.15) is 0 Å². The van der Waals surface area contributed by atoms with E-state index in [2.05, 4.69) is 15.9 Å². The van der Waals surface area contributed by atoms with Gasteiger partial charge in [0.1, 0.15) is 0 Å². The molecule has 1 atom stereocenters. The SMILES string of the molecule is COc1cc(Br)c([C@H](N)C2CCCCC2)cc1OC.Cl. The molecule has 5 heteroatoms. The Morgan fingerprint density at radius 2 is 1.65 bits per heavy atom. The van der Waals surface area contributed by atoms with Crippen LogP contribution in [0.4, 0.5) is 0 Å². The van der Waals surface area contributed by atoms with Crippen LogP contribution in [0.2, 0.25) is 0 Å². The van der Waals surface area contributed by atoms with Gasteiger partial charge in [0.15, 0.2) is 11.5 Å². The molecule has 1 aromatic carbocycles. The van der Waals surface area contributed by atoms with Crippen molar-refractivity contribution in [3.05, 3.63) is 22.2 Å². The molecular formula is C15H23BrClNO2. The molecule has 2 N–H and O–H groups in total. The van der Waals surface area contributed by atoms with Crippen molar-refractivity contribution in [1.82, 2.24) is 0 Å². The highest BCUT2D eigenvalue weighted by molar-refractivity contribution is 9.10. The Morgan fingerprint density at radius 3 is 2.20 bits per heavy atom. The standard InChI is InChI=1S/C15H22BrNO2.ClH/c1-18-13-8-11(12(16)9-14(13)19-2)15(17)10-6-4-3-5-7-10;/h8-10,15H,3-7,17H2,1-2H3;1H/t15-;/m1./s1.